The van der Waals surface area contributed by atoms with Crippen LogP contribution in [0.3, 0.4) is 0 Å². The topological polar surface area (TPSA) is 78.4 Å². The number of amides is 2. The molecule has 0 aromatic rings. The maximum absolute atomic E-state index is 11.3. The van der Waals surface area contributed by atoms with E-state index in [0.717, 1.165) is 12.8 Å². The van der Waals surface area contributed by atoms with Gasteiger partial charge in [-0.15, -0.1) is 0 Å². The van der Waals surface area contributed by atoms with Gasteiger partial charge in [0.05, 0.1) is 0 Å². The number of carboxylic acid groups (broad SMARTS) is 1. The predicted molar refractivity (Wildman–Crippen MR) is 71.5 cm³/mol. The van der Waals surface area contributed by atoms with E-state index in [0.29, 0.717) is 31.3 Å². The summed E-state index contributed by atoms with van der Waals surface area (Å²) in [5.74, 6) is 0.0201. The molecule has 0 aliphatic heterocycles. The van der Waals surface area contributed by atoms with Gasteiger partial charge in [0.2, 0.25) is 0 Å². The van der Waals surface area contributed by atoms with Gasteiger partial charge in [0, 0.05) is 19.5 Å². The van der Waals surface area contributed by atoms with Gasteiger partial charge in [-0.05, 0) is 31.1 Å². The molecule has 0 aromatic carbocycles. The molecule has 0 aliphatic rings. The molecule has 3 N–H and O–H groups in total. The Morgan fingerprint density at radius 1 is 1.11 bits per heavy atom. The third-order valence-electron chi connectivity index (χ3n) is 3.01. The van der Waals surface area contributed by atoms with Crippen LogP contribution in [0.2, 0.25) is 0 Å². The number of hydrogen-bond donors (Lipinski definition) is 3. The van der Waals surface area contributed by atoms with Crippen molar-refractivity contribution in [1.29, 1.82) is 0 Å². The summed E-state index contributed by atoms with van der Waals surface area (Å²) in [6.45, 7) is 7.45. The first-order valence-corrected chi connectivity index (χ1v) is 6.70. The molecule has 0 saturated heterocycles. The third kappa shape index (κ3) is 8.84. The van der Waals surface area contributed by atoms with Crippen LogP contribution < -0.4 is 10.6 Å². The van der Waals surface area contributed by atoms with Crippen LogP contribution in [0.5, 0.6) is 0 Å². The normalized spacial score (nSPS) is 12.2. The molecule has 5 heteroatoms. The second kappa shape index (κ2) is 9.74. The van der Waals surface area contributed by atoms with Gasteiger partial charge in [-0.2, -0.15) is 0 Å². The fourth-order valence-corrected chi connectivity index (χ4v) is 1.79. The highest BCUT2D eigenvalue weighted by Crippen LogP contribution is 2.20. The molecule has 0 spiro atoms. The van der Waals surface area contributed by atoms with Crippen LogP contribution in [-0.4, -0.2) is 30.2 Å². The fourth-order valence-electron chi connectivity index (χ4n) is 1.79. The van der Waals surface area contributed by atoms with Gasteiger partial charge in [0.15, 0.2) is 0 Å². The minimum Gasteiger partial charge on any atom is -0.481 e. The maximum Gasteiger partial charge on any atom is 0.314 e. The SMILES string of the molecule is CCCNC(=O)NCCC(CCC(=O)O)C(C)C. The second-order valence-corrected chi connectivity index (χ2v) is 4.91. The summed E-state index contributed by atoms with van der Waals surface area (Å²) >= 11 is 0. The van der Waals surface area contributed by atoms with Crippen LogP contribution in [0.1, 0.15) is 46.5 Å². The number of urea groups is 1. The molecule has 0 bridgehead atoms. The number of nitrogens with one attached hydrogen (secondary N) is 2. The molecule has 0 rings (SSSR count). The van der Waals surface area contributed by atoms with Gasteiger partial charge in [-0.3, -0.25) is 4.79 Å². The predicted octanol–water partition coefficient (Wildman–Crippen LogP) is 2.22. The van der Waals surface area contributed by atoms with Crippen molar-refractivity contribution in [3.05, 3.63) is 0 Å². The number of carboxylic acids is 1. The van der Waals surface area contributed by atoms with E-state index < -0.39 is 5.97 Å². The van der Waals surface area contributed by atoms with E-state index in [2.05, 4.69) is 24.5 Å². The number of aliphatic carboxylic acids is 1. The summed E-state index contributed by atoms with van der Waals surface area (Å²) in [5.41, 5.74) is 0. The average molecular weight is 258 g/mol. The number of carbonyl (C=O) groups is 2. The van der Waals surface area contributed by atoms with Crippen molar-refractivity contribution in [3.63, 3.8) is 0 Å². The molecule has 0 radical (unpaired) electrons. The first kappa shape index (κ1) is 16.7. The Balaban J connectivity index is 3.82. The van der Waals surface area contributed by atoms with E-state index in [1.54, 1.807) is 0 Å². The first-order valence-electron chi connectivity index (χ1n) is 6.70. The molecule has 5 nitrogen and oxygen atoms in total. The van der Waals surface area contributed by atoms with Gasteiger partial charge in [-0.1, -0.05) is 20.8 Å². The molecule has 106 valence electrons. The maximum atomic E-state index is 11.3. The Hall–Kier alpha value is -1.26. The van der Waals surface area contributed by atoms with Gasteiger partial charge < -0.3 is 15.7 Å². The van der Waals surface area contributed by atoms with Crippen molar-refractivity contribution in [1.82, 2.24) is 10.6 Å². The van der Waals surface area contributed by atoms with Crippen LogP contribution in [-0.2, 0) is 4.79 Å². The minimum atomic E-state index is -0.755. The van der Waals surface area contributed by atoms with Crippen LogP contribution >= 0.6 is 0 Å². The van der Waals surface area contributed by atoms with Crippen LogP contribution in [0, 0.1) is 11.8 Å². The monoisotopic (exact) mass is 258 g/mol. The van der Waals surface area contributed by atoms with Gasteiger partial charge in [-0.25, -0.2) is 4.79 Å². The molecule has 18 heavy (non-hydrogen) atoms. The quantitative estimate of drug-likeness (QED) is 0.593. The number of rotatable bonds is 9. The first-order chi connectivity index (χ1) is 8.47. The summed E-state index contributed by atoms with van der Waals surface area (Å²) in [4.78, 5) is 21.8. The Morgan fingerprint density at radius 2 is 1.72 bits per heavy atom. The number of hydrogen-bond acceptors (Lipinski definition) is 2. The van der Waals surface area contributed by atoms with Crippen molar-refractivity contribution >= 4 is 12.0 Å². The molecular formula is C13H26N2O3. The molecule has 0 fully saturated rings. The molecule has 0 heterocycles. The summed E-state index contributed by atoms with van der Waals surface area (Å²) in [6, 6.07) is -0.141. The van der Waals surface area contributed by atoms with Crippen LogP contribution in [0.25, 0.3) is 0 Å². The Bertz CT molecular complexity index is 255. The van der Waals surface area contributed by atoms with Crippen molar-refractivity contribution in [2.75, 3.05) is 13.1 Å². The third-order valence-corrected chi connectivity index (χ3v) is 3.01. The highest BCUT2D eigenvalue weighted by Gasteiger charge is 2.15. The highest BCUT2D eigenvalue weighted by molar-refractivity contribution is 5.73. The molecule has 0 saturated carbocycles. The zero-order chi connectivity index (χ0) is 14.0. The highest BCUT2D eigenvalue weighted by atomic mass is 16.4. The summed E-state index contributed by atoms with van der Waals surface area (Å²) in [5, 5.41) is 14.2. The zero-order valence-corrected chi connectivity index (χ0v) is 11.7. The standard InChI is InChI=1S/C13H26N2O3/c1-4-8-14-13(18)15-9-7-11(10(2)3)5-6-12(16)17/h10-11H,4-9H2,1-3H3,(H,16,17)(H2,14,15,18). The van der Waals surface area contributed by atoms with Crippen molar-refractivity contribution in [2.45, 2.75) is 46.5 Å². The fraction of sp³-hybridized carbons (Fsp3) is 0.846. The van der Waals surface area contributed by atoms with Gasteiger partial charge in [0.25, 0.3) is 0 Å². The summed E-state index contributed by atoms with van der Waals surface area (Å²) < 4.78 is 0. The molecule has 0 aromatic heterocycles. The van der Waals surface area contributed by atoms with E-state index in [1.807, 2.05) is 6.92 Å². The lowest BCUT2D eigenvalue weighted by atomic mass is 9.88. The zero-order valence-electron chi connectivity index (χ0n) is 11.7. The van der Waals surface area contributed by atoms with Crippen LogP contribution in [0.4, 0.5) is 4.79 Å². The molecule has 1 atom stereocenters. The van der Waals surface area contributed by atoms with Crippen molar-refractivity contribution in [3.8, 4) is 0 Å². The Labute approximate surface area is 109 Å². The Kier molecular flexibility index (Phi) is 9.06. The molecular weight excluding hydrogens is 232 g/mol. The summed E-state index contributed by atoms with van der Waals surface area (Å²) in [7, 11) is 0. The number of carbonyl (C=O) groups excluding carboxylic acids is 1. The lowest BCUT2D eigenvalue weighted by molar-refractivity contribution is -0.137. The van der Waals surface area contributed by atoms with E-state index in [4.69, 9.17) is 5.11 Å². The smallest absolute Gasteiger partial charge is 0.314 e. The Morgan fingerprint density at radius 3 is 2.22 bits per heavy atom. The summed E-state index contributed by atoms with van der Waals surface area (Å²) in [6.07, 6.45) is 2.61. The van der Waals surface area contributed by atoms with Crippen molar-refractivity contribution in [2.24, 2.45) is 11.8 Å². The van der Waals surface area contributed by atoms with Crippen molar-refractivity contribution < 1.29 is 14.7 Å². The van der Waals surface area contributed by atoms with E-state index >= 15 is 0 Å². The largest absolute Gasteiger partial charge is 0.481 e. The van der Waals surface area contributed by atoms with E-state index in [1.165, 1.54) is 0 Å². The lowest BCUT2D eigenvalue weighted by Crippen LogP contribution is -2.37. The second-order valence-electron chi connectivity index (χ2n) is 4.91. The average Bonchev–Trinajstić information content (AvgIpc) is 2.30. The molecule has 0 aliphatic carbocycles. The molecule has 1 unspecified atom stereocenters. The minimum absolute atomic E-state index is 0.141. The lowest BCUT2D eigenvalue weighted by Gasteiger charge is -2.20. The van der Waals surface area contributed by atoms with E-state index in [9.17, 15) is 9.59 Å². The van der Waals surface area contributed by atoms with Gasteiger partial charge in [0.1, 0.15) is 0 Å². The van der Waals surface area contributed by atoms with Crippen LogP contribution in [0.15, 0.2) is 0 Å². The molecule has 2 amide bonds. The van der Waals surface area contributed by atoms with E-state index in [-0.39, 0.29) is 12.5 Å². The van der Waals surface area contributed by atoms with Gasteiger partial charge >= 0.3 is 12.0 Å².